The lowest BCUT2D eigenvalue weighted by Gasteiger charge is -2.16. The van der Waals surface area contributed by atoms with Crippen molar-refractivity contribution in [2.24, 2.45) is 17.6 Å². The summed E-state index contributed by atoms with van der Waals surface area (Å²) in [5.41, 5.74) is 5.50. The Morgan fingerprint density at radius 2 is 2.43 bits per heavy atom. The van der Waals surface area contributed by atoms with Gasteiger partial charge in [0.1, 0.15) is 6.26 Å². The van der Waals surface area contributed by atoms with Crippen LogP contribution in [-0.4, -0.2) is 17.6 Å². The number of nitrogens with one attached hydrogen (secondary N) is 1. The first kappa shape index (κ1) is 10.7. The summed E-state index contributed by atoms with van der Waals surface area (Å²) < 4.78 is 4.59. The smallest absolute Gasteiger partial charge is 0.230 e. The molecular formula is C9H15N3O2. The van der Waals surface area contributed by atoms with E-state index in [1.807, 2.05) is 13.8 Å². The van der Waals surface area contributed by atoms with Crippen molar-refractivity contribution < 1.29 is 9.32 Å². The second kappa shape index (κ2) is 4.76. The predicted octanol–water partition coefficient (Wildman–Crippen LogP) is 0.844. The van der Waals surface area contributed by atoms with E-state index >= 15 is 0 Å². The van der Waals surface area contributed by atoms with E-state index in [0.717, 1.165) is 0 Å². The van der Waals surface area contributed by atoms with Gasteiger partial charge in [0.2, 0.25) is 5.91 Å². The van der Waals surface area contributed by atoms with Crippen LogP contribution in [0.1, 0.15) is 13.8 Å². The van der Waals surface area contributed by atoms with E-state index in [1.54, 1.807) is 6.07 Å². The highest BCUT2D eigenvalue weighted by Crippen LogP contribution is 2.12. The van der Waals surface area contributed by atoms with Crippen molar-refractivity contribution >= 4 is 11.7 Å². The second-order valence-corrected chi connectivity index (χ2v) is 3.46. The molecule has 0 bridgehead atoms. The number of carbonyl (C=O) groups excluding carboxylic acids is 1. The number of hydrogen-bond acceptors (Lipinski definition) is 4. The number of hydrogen-bond donors (Lipinski definition) is 2. The quantitative estimate of drug-likeness (QED) is 0.749. The normalized spacial score (nSPS) is 12.9. The van der Waals surface area contributed by atoms with Crippen LogP contribution in [0.4, 0.5) is 5.82 Å². The Labute approximate surface area is 82.6 Å². The fraction of sp³-hybridized carbons (Fsp3) is 0.556. The van der Waals surface area contributed by atoms with Crippen LogP contribution in [0.25, 0.3) is 0 Å². The zero-order valence-electron chi connectivity index (χ0n) is 8.36. The molecule has 1 aromatic heterocycles. The van der Waals surface area contributed by atoms with Crippen LogP contribution >= 0.6 is 0 Å². The van der Waals surface area contributed by atoms with Gasteiger partial charge in [-0.3, -0.25) is 4.79 Å². The highest BCUT2D eigenvalue weighted by molar-refractivity contribution is 5.91. The van der Waals surface area contributed by atoms with E-state index < -0.39 is 0 Å². The second-order valence-electron chi connectivity index (χ2n) is 3.46. The van der Waals surface area contributed by atoms with Gasteiger partial charge >= 0.3 is 0 Å². The van der Waals surface area contributed by atoms with Crippen LogP contribution in [0.5, 0.6) is 0 Å². The van der Waals surface area contributed by atoms with Crippen LogP contribution in [0.3, 0.4) is 0 Å². The molecule has 1 heterocycles. The Balaban J connectivity index is 2.56. The average molecular weight is 197 g/mol. The minimum absolute atomic E-state index is 0.114. The molecule has 5 heteroatoms. The van der Waals surface area contributed by atoms with Crippen molar-refractivity contribution in [1.29, 1.82) is 0 Å². The number of rotatable bonds is 4. The van der Waals surface area contributed by atoms with Gasteiger partial charge in [-0.2, -0.15) is 0 Å². The van der Waals surface area contributed by atoms with Crippen molar-refractivity contribution in [2.75, 3.05) is 11.9 Å². The van der Waals surface area contributed by atoms with E-state index in [9.17, 15) is 4.79 Å². The number of nitrogens with two attached hydrogens (primary N) is 1. The third-order valence-corrected chi connectivity index (χ3v) is 2.08. The van der Waals surface area contributed by atoms with Crippen molar-refractivity contribution in [2.45, 2.75) is 13.8 Å². The van der Waals surface area contributed by atoms with Gasteiger partial charge < -0.3 is 15.6 Å². The third kappa shape index (κ3) is 2.56. The van der Waals surface area contributed by atoms with Crippen molar-refractivity contribution in [1.82, 2.24) is 5.16 Å². The minimum Gasteiger partial charge on any atom is -0.363 e. The van der Waals surface area contributed by atoms with Gasteiger partial charge in [-0.05, 0) is 5.92 Å². The topological polar surface area (TPSA) is 81.2 Å². The van der Waals surface area contributed by atoms with Gasteiger partial charge in [0.15, 0.2) is 5.82 Å². The summed E-state index contributed by atoms with van der Waals surface area (Å²) in [6.45, 7) is 4.25. The molecule has 3 N–H and O–H groups in total. The number of anilines is 1. The van der Waals surface area contributed by atoms with E-state index in [2.05, 4.69) is 15.0 Å². The molecule has 1 amide bonds. The molecule has 5 nitrogen and oxygen atoms in total. The summed E-state index contributed by atoms with van der Waals surface area (Å²) in [6.07, 6.45) is 1.41. The highest BCUT2D eigenvalue weighted by Gasteiger charge is 2.20. The first-order valence-electron chi connectivity index (χ1n) is 4.56. The van der Waals surface area contributed by atoms with E-state index in [4.69, 9.17) is 5.73 Å². The van der Waals surface area contributed by atoms with Crippen LogP contribution in [-0.2, 0) is 4.79 Å². The van der Waals surface area contributed by atoms with Crippen molar-refractivity contribution in [3.63, 3.8) is 0 Å². The summed E-state index contributed by atoms with van der Waals surface area (Å²) in [5.74, 6) is 0.337. The van der Waals surface area contributed by atoms with Gasteiger partial charge in [0.05, 0.1) is 5.92 Å². The van der Waals surface area contributed by atoms with E-state index in [1.165, 1.54) is 6.26 Å². The molecule has 1 aromatic rings. The standard InChI is InChI=1S/C9H15N3O2/c1-6(2)7(5-10)9(13)11-8-3-4-14-12-8/h3-4,6-7H,5,10H2,1-2H3,(H,11,12,13). The third-order valence-electron chi connectivity index (χ3n) is 2.08. The SMILES string of the molecule is CC(C)C(CN)C(=O)Nc1ccon1. The Morgan fingerprint density at radius 1 is 1.71 bits per heavy atom. The molecule has 0 spiro atoms. The molecule has 0 aliphatic carbocycles. The van der Waals surface area contributed by atoms with Gasteiger partial charge in [-0.15, -0.1) is 0 Å². The number of amides is 1. The molecule has 0 fully saturated rings. The molecule has 0 aliphatic rings. The summed E-state index contributed by atoms with van der Waals surface area (Å²) in [5, 5.41) is 6.21. The molecule has 0 saturated heterocycles. The number of aromatic nitrogens is 1. The predicted molar refractivity (Wildman–Crippen MR) is 52.5 cm³/mol. The maximum Gasteiger partial charge on any atom is 0.230 e. The lowest BCUT2D eigenvalue weighted by atomic mass is 9.95. The first-order valence-corrected chi connectivity index (χ1v) is 4.56. The summed E-state index contributed by atoms with van der Waals surface area (Å²) in [4.78, 5) is 11.6. The zero-order valence-corrected chi connectivity index (χ0v) is 8.36. The van der Waals surface area contributed by atoms with Crippen LogP contribution in [0, 0.1) is 11.8 Å². The molecule has 0 aliphatic heterocycles. The van der Waals surface area contributed by atoms with Crippen LogP contribution in [0.15, 0.2) is 16.9 Å². The van der Waals surface area contributed by atoms with Crippen LogP contribution in [0.2, 0.25) is 0 Å². The molecule has 0 aromatic carbocycles. The largest absolute Gasteiger partial charge is 0.363 e. The highest BCUT2D eigenvalue weighted by atomic mass is 16.5. The molecule has 1 unspecified atom stereocenters. The maximum absolute atomic E-state index is 11.6. The summed E-state index contributed by atoms with van der Waals surface area (Å²) in [7, 11) is 0. The first-order chi connectivity index (χ1) is 6.65. The summed E-state index contributed by atoms with van der Waals surface area (Å²) in [6, 6.07) is 1.59. The summed E-state index contributed by atoms with van der Waals surface area (Å²) >= 11 is 0. The van der Waals surface area contributed by atoms with Gasteiger partial charge in [-0.25, -0.2) is 0 Å². The van der Waals surface area contributed by atoms with Crippen molar-refractivity contribution in [3.05, 3.63) is 12.3 Å². The monoisotopic (exact) mass is 197 g/mol. The lowest BCUT2D eigenvalue weighted by molar-refractivity contribution is -0.120. The Morgan fingerprint density at radius 3 is 2.86 bits per heavy atom. The fourth-order valence-corrected chi connectivity index (χ4v) is 1.18. The Bertz CT molecular complexity index is 282. The molecule has 0 saturated carbocycles. The van der Waals surface area contributed by atoms with Crippen LogP contribution < -0.4 is 11.1 Å². The minimum atomic E-state index is -0.188. The average Bonchev–Trinajstić information content (AvgIpc) is 2.57. The van der Waals surface area contributed by atoms with Gasteiger partial charge in [-0.1, -0.05) is 19.0 Å². The Kier molecular flexibility index (Phi) is 3.64. The van der Waals surface area contributed by atoms with E-state index in [0.29, 0.717) is 12.4 Å². The maximum atomic E-state index is 11.6. The van der Waals surface area contributed by atoms with Crippen molar-refractivity contribution in [3.8, 4) is 0 Å². The molecule has 0 radical (unpaired) electrons. The zero-order chi connectivity index (χ0) is 10.6. The molecule has 78 valence electrons. The lowest BCUT2D eigenvalue weighted by Crippen LogP contribution is -2.33. The molecular weight excluding hydrogens is 182 g/mol. The molecule has 14 heavy (non-hydrogen) atoms. The number of carbonyl (C=O) groups is 1. The van der Waals surface area contributed by atoms with Gasteiger partial charge in [0, 0.05) is 12.6 Å². The molecule has 1 atom stereocenters. The Hall–Kier alpha value is -1.36. The fourth-order valence-electron chi connectivity index (χ4n) is 1.18. The van der Waals surface area contributed by atoms with E-state index in [-0.39, 0.29) is 17.7 Å². The molecule has 1 rings (SSSR count). The van der Waals surface area contributed by atoms with Gasteiger partial charge in [0.25, 0.3) is 0 Å². The number of nitrogens with zero attached hydrogens (tertiary/aromatic N) is 1.